The number of aliphatic carboxylic acids is 1. The largest absolute Gasteiger partial charge is 0.493 e. The first-order chi connectivity index (χ1) is 15.5. The number of carboxylic acid groups (broad SMARTS) is 1. The zero-order valence-corrected chi connectivity index (χ0v) is 18.3. The van der Waals surface area contributed by atoms with Crippen molar-refractivity contribution in [3.63, 3.8) is 0 Å². The average molecular weight is 437 g/mol. The molecule has 1 unspecified atom stereocenters. The van der Waals surface area contributed by atoms with Gasteiger partial charge in [-0.05, 0) is 24.6 Å². The molecule has 0 bridgehead atoms. The lowest BCUT2D eigenvalue weighted by molar-refractivity contribution is -0.149. The molecule has 1 heterocycles. The maximum atomic E-state index is 12.7. The molecule has 2 N–H and O–H groups in total. The van der Waals surface area contributed by atoms with Crippen molar-refractivity contribution in [3.8, 4) is 17.0 Å². The summed E-state index contributed by atoms with van der Waals surface area (Å²) in [5.41, 5.74) is 2.87. The van der Waals surface area contributed by atoms with Crippen molar-refractivity contribution < 1.29 is 19.4 Å². The predicted octanol–water partition coefficient (Wildman–Crippen LogP) is 3.65. The summed E-state index contributed by atoms with van der Waals surface area (Å²) in [6.45, 7) is 4.38. The van der Waals surface area contributed by atoms with E-state index in [9.17, 15) is 14.7 Å². The van der Waals surface area contributed by atoms with Crippen LogP contribution in [0.5, 0.6) is 5.75 Å². The molecular formula is C25H28N2O5. The van der Waals surface area contributed by atoms with E-state index in [1.54, 1.807) is 19.1 Å². The van der Waals surface area contributed by atoms with Gasteiger partial charge in [-0.3, -0.25) is 4.79 Å². The van der Waals surface area contributed by atoms with E-state index in [0.29, 0.717) is 48.9 Å². The number of nitrogens with zero attached hydrogens (tertiary/aromatic N) is 1. The fourth-order valence-electron chi connectivity index (χ4n) is 3.40. The zero-order chi connectivity index (χ0) is 22.9. The first-order valence-corrected chi connectivity index (χ1v) is 10.8. The minimum absolute atomic E-state index is 0.148. The van der Waals surface area contributed by atoms with Crippen LogP contribution in [0.3, 0.4) is 0 Å². The van der Waals surface area contributed by atoms with Crippen molar-refractivity contribution in [2.75, 3.05) is 13.2 Å². The van der Waals surface area contributed by atoms with Gasteiger partial charge in [0, 0.05) is 37.0 Å². The van der Waals surface area contributed by atoms with Crippen LogP contribution in [0.15, 0.2) is 59.4 Å². The molecule has 3 aromatic rings. The zero-order valence-electron chi connectivity index (χ0n) is 18.3. The van der Waals surface area contributed by atoms with E-state index in [1.165, 1.54) is 0 Å². The third-order valence-electron chi connectivity index (χ3n) is 5.06. The molecule has 0 aliphatic rings. The number of aromatic nitrogens is 2. The van der Waals surface area contributed by atoms with Crippen LogP contribution >= 0.6 is 0 Å². The smallest absolute Gasteiger partial charge is 0.333 e. The van der Waals surface area contributed by atoms with Crippen LogP contribution in [-0.2, 0) is 28.8 Å². The Morgan fingerprint density at radius 3 is 2.44 bits per heavy atom. The number of benzene rings is 2. The second-order valence-electron chi connectivity index (χ2n) is 7.29. The highest BCUT2D eigenvalue weighted by atomic mass is 16.5. The van der Waals surface area contributed by atoms with Crippen molar-refractivity contribution in [1.82, 2.24) is 9.97 Å². The minimum Gasteiger partial charge on any atom is -0.493 e. The topological polar surface area (TPSA) is 102 Å². The number of ether oxygens (including phenoxy) is 2. The lowest BCUT2D eigenvalue weighted by Crippen LogP contribution is -2.26. The molecule has 0 amide bonds. The van der Waals surface area contributed by atoms with Crippen LogP contribution in [0.1, 0.15) is 30.8 Å². The highest BCUT2D eigenvalue weighted by Gasteiger charge is 2.18. The molecule has 0 saturated carbocycles. The third-order valence-corrected chi connectivity index (χ3v) is 5.06. The summed E-state index contributed by atoms with van der Waals surface area (Å²) in [5, 5.41) is 9.22. The van der Waals surface area contributed by atoms with Gasteiger partial charge in [-0.2, -0.15) is 0 Å². The molecule has 3 rings (SSSR count). The molecule has 2 aromatic carbocycles. The standard InChI is InChI=1S/C25H28N2O5/c1-3-22-26-23(18-8-6-5-7-9-18)20(24(28)27-22)14-15-32-19-12-10-17(11-13-19)16-21(25(29)30)31-4-2/h5-13,21H,3-4,14-16H2,1-2H3,(H,29,30)(H,26,27,28). The number of H-pyrrole nitrogens is 1. The van der Waals surface area contributed by atoms with Gasteiger partial charge in [0.25, 0.3) is 5.56 Å². The highest BCUT2D eigenvalue weighted by Crippen LogP contribution is 2.20. The maximum absolute atomic E-state index is 12.7. The van der Waals surface area contributed by atoms with E-state index in [-0.39, 0.29) is 12.0 Å². The summed E-state index contributed by atoms with van der Waals surface area (Å²) in [6, 6.07) is 16.9. The first kappa shape index (κ1) is 23.2. The van der Waals surface area contributed by atoms with Gasteiger partial charge in [0.15, 0.2) is 6.10 Å². The van der Waals surface area contributed by atoms with E-state index in [2.05, 4.69) is 9.97 Å². The molecule has 0 radical (unpaired) electrons. The summed E-state index contributed by atoms with van der Waals surface area (Å²) in [7, 11) is 0. The Bertz CT molecular complexity index is 1080. The van der Waals surface area contributed by atoms with E-state index in [0.717, 1.165) is 11.1 Å². The number of carboxylic acids is 1. The number of hydrogen-bond acceptors (Lipinski definition) is 5. The molecule has 0 aliphatic heterocycles. The molecular weight excluding hydrogens is 408 g/mol. The monoisotopic (exact) mass is 436 g/mol. The van der Waals surface area contributed by atoms with Crippen LogP contribution in [-0.4, -0.2) is 40.4 Å². The Kier molecular flexibility index (Phi) is 8.16. The molecule has 0 aliphatic carbocycles. The molecule has 7 heteroatoms. The van der Waals surface area contributed by atoms with Gasteiger partial charge < -0.3 is 19.6 Å². The summed E-state index contributed by atoms with van der Waals surface area (Å²) in [4.78, 5) is 31.4. The number of hydrogen-bond donors (Lipinski definition) is 2. The van der Waals surface area contributed by atoms with Crippen molar-refractivity contribution in [3.05, 3.63) is 81.9 Å². The number of rotatable bonds is 11. The average Bonchev–Trinajstić information content (AvgIpc) is 2.81. The van der Waals surface area contributed by atoms with E-state index >= 15 is 0 Å². The van der Waals surface area contributed by atoms with Crippen molar-refractivity contribution in [2.24, 2.45) is 0 Å². The Balaban J connectivity index is 1.68. The van der Waals surface area contributed by atoms with Crippen LogP contribution in [0, 0.1) is 0 Å². The second-order valence-corrected chi connectivity index (χ2v) is 7.29. The van der Waals surface area contributed by atoms with Crippen LogP contribution in [0.2, 0.25) is 0 Å². The molecule has 0 saturated heterocycles. The van der Waals surface area contributed by atoms with Gasteiger partial charge in [0.1, 0.15) is 11.6 Å². The molecule has 1 atom stereocenters. The van der Waals surface area contributed by atoms with E-state index in [4.69, 9.17) is 9.47 Å². The lowest BCUT2D eigenvalue weighted by Gasteiger charge is -2.13. The molecule has 168 valence electrons. The summed E-state index contributed by atoms with van der Waals surface area (Å²) >= 11 is 0. The fourth-order valence-corrected chi connectivity index (χ4v) is 3.40. The Morgan fingerprint density at radius 1 is 1.09 bits per heavy atom. The van der Waals surface area contributed by atoms with Crippen LogP contribution in [0.4, 0.5) is 0 Å². The molecule has 32 heavy (non-hydrogen) atoms. The summed E-state index contributed by atoms with van der Waals surface area (Å²) in [5.74, 6) is 0.322. The number of aryl methyl sites for hydroxylation is 1. The van der Waals surface area contributed by atoms with Gasteiger partial charge >= 0.3 is 5.97 Å². The van der Waals surface area contributed by atoms with Gasteiger partial charge in [-0.15, -0.1) is 0 Å². The Hall–Kier alpha value is -3.45. The van der Waals surface area contributed by atoms with Gasteiger partial charge in [-0.1, -0.05) is 49.4 Å². The van der Waals surface area contributed by atoms with E-state index < -0.39 is 12.1 Å². The highest BCUT2D eigenvalue weighted by molar-refractivity contribution is 5.72. The van der Waals surface area contributed by atoms with Gasteiger partial charge in [-0.25, -0.2) is 9.78 Å². The number of nitrogens with one attached hydrogen (secondary N) is 1. The maximum Gasteiger partial charge on any atom is 0.333 e. The molecule has 1 aromatic heterocycles. The lowest BCUT2D eigenvalue weighted by atomic mass is 10.0. The summed E-state index contributed by atoms with van der Waals surface area (Å²) < 4.78 is 11.1. The van der Waals surface area contributed by atoms with Gasteiger partial charge in [0.05, 0.1) is 12.3 Å². The fraction of sp³-hybridized carbons (Fsp3) is 0.320. The summed E-state index contributed by atoms with van der Waals surface area (Å²) in [6.07, 6.45) is 0.469. The Morgan fingerprint density at radius 2 is 1.81 bits per heavy atom. The molecule has 7 nitrogen and oxygen atoms in total. The Labute approximate surface area is 187 Å². The van der Waals surface area contributed by atoms with Crippen LogP contribution in [0.25, 0.3) is 11.3 Å². The first-order valence-electron chi connectivity index (χ1n) is 10.8. The van der Waals surface area contributed by atoms with Crippen molar-refractivity contribution >= 4 is 5.97 Å². The van der Waals surface area contributed by atoms with Crippen molar-refractivity contribution in [1.29, 1.82) is 0 Å². The van der Waals surface area contributed by atoms with Gasteiger partial charge in [0.2, 0.25) is 0 Å². The number of carbonyl (C=O) groups is 1. The second kappa shape index (κ2) is 11.2. The SMILES string of the molecule is CCOC(Cc1ccc(OCCc2c(-c3ccccc3)nc(CC)[nH]c2=O)cc1)C(=O)O. The molecule has 0 fully saturated rings. The quantitative estimate of drug-likeness (QED) is 0.476. The normalized spacial score (nSPS) is 11.8. The minimum atomic E-state index is -0.977. The van der Waals surface area contributed by atoms with Crippen molar-refractivity contribution in [2.45, 2.75) is 39.2 Å². The van der Waals surface area contributed by atoms with Crippen LogP contribution < -0.4 is 10.3 Å². The third kappa shape index (κ3) is 6.04. The molecule has 0 spiro atoms. The number of aromatic amines is 1. The predicted molar refractivity (Wildman–Crippen MR) is 122 cm³/mol. The van der Waals surface area contributed by atoms with E-state index in [1.807, 2.05) is 49.4 Å².